The second kappa shape index (κ2) is 5.47. The number of hydrogen-bond acceptors (Lipinski definition) is 6. The third-order valence-corrected chi connectivity index (χ3v) is 3.50. The van der Waals surface area contributed by atoms with E-state index in [1.807, 2.05) is 0 Å². The molecular weight excluding hydrogens is 325 g/mol. The van der Waals surface area contributed by atoms with Crippen LogP contribution in [-0.2, 0) is 0 Å². The van der Waals surface area contributed by atoms with E-state index in [1.165, 1.54) is 12.1 Å². The Kier molecular flexibility index (Phi) is 3.61. The molecule has 0 fully saturated rings. The van der Waals surface area contributed by atoms with Crippen molar-refractivity contribution >= 4 is 28.5 Å². The molecule has 0 spiro atoms. The molecule has 0 amide bonds. The lowest BCUT2D eigenvalue weighted by Crippen LogP contribution is -2.01. The SMILES string of the molecule is Cc1nc2nc(Cl)nc(-c3ccc([N+](=O)[O-])cc3F)c2nc1C. The molecule has 3 rings (SSSR count). The van der Waals surface area contributed by atoms with E-state index in [2.05, 4.69) is 19.9 Å². The Bertz CT molecular complexity index is 964. The standard InChI is InChI=1S/C14H9ClFN5O2/c1-6-7(2)18-13-12(17-6)11(19-14(15)20-13)9-4-3-8(21(22)23)5-10(9)16/h3-5H,1-2H3. The molecule has 1 aromatic carbocycles. The molecule has 0 aliphatic carbocycles. The topological polar surface area (TPSA) is 94.7 Å². The van der Waals surface area contributed by atoms with Crippen molar-refractivity contribution in [1.29, 1.82) is 0 Å². The van der Waals surface area contributed by atoms with Gasteiger partial charge in [0.05, 0.1) is 22.4 Å². The fourth-order valence-corrected chi connectivity index (χ4v) is 2.25. The number of non-ortho nitro benzene ring substituents is 1. The van der Waals surface area contributed by atoms with Gasteiger partial charge in [-0.2, -0.15) is 4.98 Å². The third kappa shape index (κ3) is 2.68. The van der Waals surface area contributed by atoms with E-state index in [0.29, 0.717) is 11.4 Å². The minimum absolute atomic E-state index is 0.0439. The molecule has 9 heteroatoms. The molecule has 0 N–H and O–H groups in total. The normalized spacial score (nSPS) is 11.0. The molecule has 0 saturated heterocycles. The summed E-state index contributed by atoms with van der Waals surface area (Å²) >= 11 is 5.88. The highest BCUT2D eigenvalue weighted by atomic mass is 35.5. The van der Waals surface area contributed by atoms with Gasteiger partial charge in [-0.25, -0.2) is 19.3 Å². The molecule has 0 aliphatic rings. The summed E-state index contributed by atoms with van der Waals surface area (Å²) in [5.74, 6) is -0.796. The Labute approximate surface area is 134 Å². The molecule has 23 heavy (non-hydrogen) atoms. The van der Waals surface area contributed by atoms with E-state index in [0.717, 1.165) is 6.07 Å². The Morgan fingerprint density at radius 1 is 1.13 bits per heavy atom. The maximum atomic E-state index is 14.3. The molecule has 3 aromatic rings. The Hall–Kier alpha value is -2.74. The van der Waals surface area contributed by atoms with Crippen molar-refractivity contribution in [1.82, 2.24) is 19.9 Å². The van der Waals surface area contributed by atoms with Crippen LogP contribution >= 0.6 is 11.6 Å². The maximum Gasteiger partial charge on any atom is 0.272 e. The van der Waals surface area contributed by atoms with Gasteiger partial charge >= 0.3 is 0 Å². The van der Waals surface area contributed by atoms with Crippen LogP contribution in [0, 0.1) is 29.8 Å². The molecule has 2 aromatic heterocycles. The number of halogens is 2. The summed E-state index contributed by atoms with van der Waals surface area (Å²) in [7, 11) is 0. The van der Waals surface area contributed by atoms with Crippen LogP contribution in [0.4, 0.5) is 10.1 Å². The number of nitro groups is 1. The molecule has 0 saturated carbocycles. The highest BCUT2D eigenvalue weighted by molar-refractivity contribution is 6.28. The lowest BCUT2D eigenvalue weighted by molar-refractivity contribution is -0.385. The van der Waals surface area contributed by atoms with Crippen LogP contribution in [0.15, 0.2) is 18.2 Å². The highest BCUT2D eigenvalue weighted by Crippen LogP contribution is 2.30. The van der Waals surface area contributed by atoms with Crippen LogP contribution in [0.2, 0.25) is 5.28 Å². The van der Waals surface area contributed by atoms with Crippen LogP contribution in [0.25, 0.3) is 22.4 Å². The Balaban J connectivity index is 2.31. The number of aromatic nitrogens is 4. The van der Waals surface area contributed by atoms with Gasteiger partial charge in [0.15, 0.2) is 5.65 Å². The maximum absolute atomic E-state index is 14.3. The minimum Gasteiger partial charge on any atom is -0.258 e. The zero-order chi connectivity index (χ0) is 16.7. The van der Waals surface area contributed by atoms with Crippen LogP contribution < -0.4 is 0 Å². The van der Waals surface area contributed by atoms with Crippen molar-refractivity contribution in [2.24, 2.45) is 0 Å². The van der Waals surface area contributed by atoms with Crippen molar-refractivity contribution in [3.05, 3.63) is 50.8 Å². The number of nitro benzene ring substituents is 1. The zero-order valence-electron chi connectivity index (χ0n) is 12.0. The van der Waals surface area contributed by atoms with Gasteiger partial charge in [0.25, 0.3) is 5.69 Å². The molecule has 0 atom stereocenters. The fraction of sp³-hybridized carbons (Fsp3) is 0.143. The number of aryl methyl sites for hydroxylation is 2. The quantitative estimate of drug-likeness (QED) is 0.405. The molecule has 2 heterocycles. The van der Waals surface area contributed by atoms with E-state index in [4.69, 9.17) is 11.6 Å². The van der Waals surface area contributed by atoms with Crippen molar-refractivity contribution in [2.45, 2.75) is 13.8 Å². The molecule has 0 unspecified atom stereocenters. The highest BCUT2D eigenvalue weighted by Gasteiger charge is 2.18. The summed E-state index contributed by atoms with van der Waals surface area (Å²) in [6, 6.07) is 3.28. The van der Waals surface area contributed by atoms with Gasteiger partial charge in [0.1, 0.15) is 17.0 Å². The van der Waals surface area contributed by atoms with Gasteiger partial charge < -0.3 is 0 Å². The molecule has 0 bridgehead atoms. The number of nitrogens with zero attached hydrogens (tertiary/aromatic N) is 5. The second-order valence-corrected chi connectivity index (χ2v) is 5.17. The first-order chi connectivity index (χ1) is 10.9. The summed E-state index contributed by atoms with van der Waals surface area (Å²) in [6.07, 6.45) is 0. The lowest BCUT2D eigenvalue weighted by Gasteiger charge is -2.08. The summed E-state index contributed by atoms with van der Waals surface area (Å²) in [5, 5.41) is 10.6. The first-order valence-electron chi connectivity index (χ1n) is 6.49. The van der Waals surface area contributed by atoms with Crippen LogP contribution in [-0.4, -0.2) is 24.9 Å². The summed E-state index contributed by atoms with van der Waals surface area (Å²) in [5.41, 5.74) is 1.67. The van der Waals surface area contributed by atoms with E-state index < -0.39 is 10.7 Å². The van der Waals surface area contributed by atoms with Crippen molar-refractivity contribution < 1.29 is 9.31 Å². The molecular formula is C14H9ClFN5O2. The summed E-state index contributed by atoms with van der Waals surface area (Å²) in [6.45, 7) is 3.52. The fourth-order valence-electron chi connectivity index (χ4n) is 2.08. The predicted octanol–water partition coefficient (Wildman–Crippen LogP) is 3.40. The zero-order valence-corrected chi connectivity index (χ0v) is 12.8. The summed E-state index contributed by atoms with van der Waals surface area (Å²) in [4.78, 5) is 26.7. The van der Waals surface area contributed by atoms with Gasteiger partial charge in [-0.05, 0) is 31.5 Å². The third-order valence-electron chi connectivity index (χ3n) is 3.33. The van der Waals surface area contributed by atoms with Gasteiger partial charge in [-0.15, -0.1) is 0 Å². The van der Waals surface area contributed by atoms with Crippen LogP contribution in [0.5, 0.6) is 0 Å². The van der Waals surface area contributed by atoms with Gasteiger partial charge in [-0.1, -0.05) is 0 Å². The Morgan fingerprint density at radius 2 is 1.83 bits per heavy atom. The number of benzene rings is 1. The van der Waals surface area contributed by atoms with Crippen molar-refractivity contribution in [2.75, 3.05) is 0 Å². The van der Waals surface area contributed by atoms with Crippen molar-refractivity contribution in [3.8, 4) is 11.3 Å². The monoisotopic (exact) mass is 333 g/mol. The largest absolute Gasteiger partial charge is 0.272 e. The number of fused-ring (bicyclic) bond motifs is 1. The number of rotatable bonds is 2. The smallest absolute Gasteiger partial charge is 0.258 e. The Morgan fingerprint density at radius 3 is 2.48 bits per heavy atom. The van der Waals surface area contributed by atoms with Crippen LogP contribution in [0.3, 0.4) is 0 Å². The summed E-state index contributed by atoms with van der Waals surface area (Å²) < 4.78 is 14.3. The molecule has 0 radical (unpaired) electrons. The first-order valence-corrected chi connectivity index (χ1v) is 6.87. The van der Waals surface area contributed by atoms with E-state index >= 15 is 0 Å². The molecule has 116 valence electrons. The molecule has 0 aliphatic heterocycles. The molecule has 7 nitrogen and oxygen atoms in total. The predicted molar refractivity (Wildman–Crippen MR) is 81.7 cm³/mol. The number of hydrogen-bond donors (Lipinski definition) is 0. The van der Waals surface area contributed by atoms with Gasteiger partial charge in [0.2, 0.25) is 5.28 Å². The van der Waals surface area contributed by atoms with Gasteiger partial charge in [0, 0.05) is 11.6 Å². The second-order valence-electron chi connectivity index (χ2n) is 4.83. The average molecular weight is 334 g/mol. The van der Waals surface area contributed by atoms with E-state index in [1.54, 1.807) is 13.8 Å². The lowest BCUT2D eigenvalue weighted by atomic mass is 10.1. The van der Waals surface area contributed by atoms with Crippen LogP contribution in [0.1, 0.15) is 11.4 Å². The van der Waals surface area contributed by atoms with E-state index in [-0.39, 0.29) is 33.4 Å². The van der Waals surface area contributed by atoms with Gasteiger partial charge in [-0.3, -0.25) is 10.1 Å². The van der Waals surface area contributed by atoms with Crippen molar-refractivity contribution in [3.63, 3.8) is 0 Å². The minimum atomic E-state index is -0.796. The first kappa shape index (κ1) is 15.2. The average Bonchev–Trinajstić information content (AvgIpc) is 2.48. The van der Waals surface area contributed by atoms with E-state index in [9.17, 15) is 14.5 Å².